The maximum atomic E-state index is 12.0. The molecule has 0 saturated carbocycles. The SMILES string of the molecule is COc1cc(N2CCC3(CCOCC3)C2)c([N+](=O)[O-])cc1B1OC(C)(C)C(C)(C)O1. The normalized spacial score (nSPS) is 24.4. The van der Waals surface area contributed by atoms with Gasteiger partial charge in [0, 0.05) is 43.9 Å². The van der Waals surface area contributed by atoms with E-state index in [1.807, 2.05) is 27.7 Å². The molecule has 8 nitrogen and oxygen atoms in total. The molecule has 0 unspecified atom stereocenters. The zero-order valence-corrected chi connectivity index (χ0v) is 18.5. The maximum absolute atomic E-state index is 12.0. The van der Waals surface area contributed by atoms with Gasteiger partial charge in [0.05, 0.1) is 23.2 Å². The van der Waals surface area contributed by atoms with Gasteiger partial charge in [0.1, 0.15) is 11.4 Å². The van der Waals surface area contributed by atoms with Crippen molar-refractivity contribution in [2.24, 2.45) is 5.41 Å². The molecule has 0 radical (unpaired) electrons. The van der Waals surface area contributed by atoms with Crippen LogP contribution in [0.15, 0.2) is 12.1 Å². The van der Waals surface area contributed by atoms with Gasteiger partial charge in [-0.2, -0.15) is 0 Å². The summed E-state index contributed by atoms with van der Waals surface area (Å²) in [7, 11) is 0.849. The van der Waals surface area contributed by atoms with Gasteiger partial charge in [-0.1, -0.05) is 0 Å². The number of hydrogen-bond acceptors (Lipinski definition) is 7. The van der Waals surface area contributed by atoms with E-state index >= 15 is 0 Å². The Morgan fingerprint density at radius 1 is 1.10 bits per heavy atom. The van der Waals surface area contributed by atoms with Gasteiger partial charge < -0.3 is 23.7 Å². The van der Waals surface area contributed by atoms with Crippen LogP contribution in [0.2, 0.25) is 0 Å². The zero-order chi connectivity index (χ0) is 21.7. The Morgan fingerprint density at radius 3 is 2.30 bits per heavy atom. The first-order valence-electron chi connectivity index (χ1n) is 10.6. The lowest BCUT2D eigenvalue weighted by Gasteiger charge is -2.33. The van der Waals surface area contributed by atoms with Gasteiger partial charge in [-0.3, -0.25) is 10.1 Å². The summed E-state index contributed by atoms with van der Waals surface area (Å²) in [4.78, 5) is 13.8. The number of nitrogens with zero attached hydrogens (tertiary/aromatic N) is 2. The summed E-state index contributed by atoms with van der Waals surface area (Å²) >= 11 is 0. The molecule has 9 heteroatoms. The second kappa shape index (κ2) is 7.39. The highest BCUT2D eigenvalue weighted by atomic mass is 16.7. The third-order valence-corrected chi connectivity index (χ3v) is 7.36. The Morgan fingerprint density at radius 2 is 1.73 bits per heavy atom. The van der Waals surface area contributed by atoms with Crippen LogP contribution in [0, 0.1) is 15.5 Å². The number of benzene rings is 1. The molecule has 1 spiro atoms. The fourth-order valence-electron chi connectivity index (χ4n) is 4.66. The fourth-order valence-corrected chi connectivity index (χ4v) is 4.66. The summed E-state index contributed by atoms with van der Waals surface area (Å²) in [6, 6.07) is 3.34. The lowest BCUT2D eigenvalue weighted by molar-refractivity contribution is -0.384. The van der Waals surface area contributed by atoms with Gasteiger partial charge in [-0.05, 0) is 52.4 Å². The largest absolute Gasteiger partial charge is 0.498 e. The number of methoxy groups -OCH3 is 1. The molecular formula is C21H31BN2O6. The summed E-state index contributed by atoms with van der Waals surface area (Å²) in [5, 5.41) is 12.0. The Kier molecular flexibility index (Phi) is 5.27. The van der Waals surface area contributed by atoms with Crippen molar-refractivity contribution in [2.75, 3.05) is 38.3 Å². The quantitative estimate of drug-likeness (QED) is 0.422. The van der Waals surface area contributed by atoms with Gasteiger partial charge >= 0.3 is 7.12 Å². The average molecular weight is 418 g/mol. The molecule has 0 amide bonds. The first-order valence-corrected chi connectivity index (χ1v) is 10.6. The van der Waals surface area contributed by atoms with E-state index in [0.717, 1.165) is 45.6 Å². The van der Waals surface area contributed by atoms with Crippen LogP contribution in [-0.2, 0) is 14.0 Å². The molecule has 1 aromatic rings. The Hall–Kier alpha value is -1.84. The standard InChI is InChI=1S/C21H31BN2O6/c1-19(2)20(3,4)30-22(29-19)15-12-17(24(25)26)16(13-18(15)27-5)23-9-6-21(14-23)7-10-28-11-8-21/h12-13H,6-11,14H2,1-5H3. The molecule has 1 aromatic carbocycles. The van der Waals surface area contributed by atoms with E-state index in [1.165, 1.54) is 0 Å². The zero-order valence-electron chi connectivity index (χ0n) is 18.5. The van der Waals surface area contributed by atoms with Crippen LogP contribution in [0.5, 0.6) is 5.75 Å². The van der Waals surface area contributed by atoms with Crippen LogP contribution < -0.4 is 15.1 Å². The fraction of sp³-hybridized carbons (Fsp3) is 0.714. The van der Waals surface area contributed by atoms with Crippen LogP contribution in [0.3, 0.4) is 0 Å². The predicted molar refractivity (Wildman–Crippen MR) is 115 cm³/mol. The van der Waals surface area contributed by atoms with Crippen molar-refractivity contribution in [3.8, 4) is 5.75 Å². The summed E-state index contributed by atoms with van der Waals surface area (Å²) in [5.41, 5.74) is 0.307. The van der Waals surface area contributed by atoms with Crippen LogP contribution >= 0.6 is 0 Å². The summed E-state index contributed by atoms with van der Waals surface area (Å²) in [6.45, 7) is 11.0. The van der Waals surface area contributed by atoms with Gasteiger partial charge in [0.15, 0.2) is 0 Å². The number of anilines is 1. The molecule has 3 aliphatic rings. The Bertz CT molecular complexity index is 821. The van der Waals surface area contributed by atoms with Crippen LogP contribution in [0.4, 0.5) is 11.4 Å². The van der Waals surface area contributed by atoms with Crippen molar-refractivity contribution < 1.29 is 23.7 Å². The molecule has 4 rings (SSSR count). The second-order valence-corrected chi connectivity index (χ2v) is 9.71. The minimum Gasteiger partial charge on any atom is -0.497 e. The van der Waals surface area contributed by atoms with Crippen molar-refractivity contribution in [2.45, 2.75) is 58.2 Å². The highest BCUT2D eigenvalue weighted by Gasteiger charge is 2.53. The van der Waals surface area contributed by atoms with E-state index in [0.29, 0.717) is 16.9 Å². The van der Waals surface area contributed by atoms with Crippen molar-refractivity contribution in [1.82, 2.24) is 0 Å². The monoisotopic (exact) mass is 418 g/mol. The lowest BCUT2D eigenvalue weighted by Crippen LogP contribution is -2.41. The second-order valence-electron chi connectivity index (χ2n) is 9.71. The molecule has 3 fully saturated rings. The third-order valence-electron chi connectivity index (χ3n) is 7.36. The maximum Gasteiger partial charge on any atom is 0.498 e. The number of rotatable bonds is 4. The smallest absolute Gasteiger partial charge is 0.497 e. The molecule has 164 valence electrons. The van der Waals surface area contributed by atoms with Crippen LogP contribution in [0.25, 0.3) is 0 Å². The first kappa shape index (κ1) is 21.4. The molecule has 3 saturated heterocycles. The summed E-state index contributed by atoms with van der Waals surface area (Å²) in [6.07, 6.45) is 3.02. The molecule has 0 aromatic heterocycles. The minimum absolute atomic E-state index is 0.0598. The van der Waals surface area contributed by atoms with E-state index in [-0.39, 0.29) is 16.0 Å². The number of hydrogen-bond donors (Lipinski definition) is 0. The Balaban J connectivity index is 1.69. The third kappa shape index (κ3) is 3.57. The summed E-state index contributed by atoms with van der Waals surface area (Å²) in [5.74, 6) is 0.544. The van der Waals surface area contributed by atoms with E-state index in [9.17, 15) is 10.1 Å². The predicted octanol–water partition coefficient (Wildman–Crippen LogP) is 2.91. The van der Waals surface area contributed by atoms with Crippen molar-refractivity contribution >= 4 is 24.0 Å². The molecule has 0 N–H and O–H groups in total. The number of ether oxygens (including phenoxy) is 2. The molecule has 0 aliphatic carbocycles. The van der Waals surface area contributed by atoms with Crippen LogP contribution in [-0.4, -0.2) is 56.7 Å². The van der Waals surface area contributed by atoms with Gasteiger partial charge in [0.25, 0.3) is 5.69 Å². The van der Waals surface area contributed by atoms with Crippen molar-refractivity contribution in [1.29, 1.82) is 0 Å². The number of nitro benzene ring substituents is 1. The minimum atomic E-state index is -0.724. The highest BCUT2D eigenvalue weighted by molar-refractivity contribution is 6.63. The highest BCUT2D eigenvalue weighted by Crippen LogP contribution is 2.44. The molecule has 30 heavy (non-hydrogen) atoms. The van der Waals surface area contributed by atoms with Crippen molar-refractivity contribution in [3.63, 3.8) is 0 Å². The van der Waals surface area contributed by atoms with Gasteiger partial charge in [0.2, 0.25) is 0 Å². The molecule has 3 heterocycles. The first-order chi connectivity index (χ1) is 14.1. The van der Waals surface area contributed by atoms with Crippen LogP contribution in [0.1, 0.15) is 47.0 Å². The van der Waals surface area contributed by atoms with Gasteiger partial charge in [-0.25, -0.2) is 0 Å². The topological polar surface area (TPSA) is 83.3 Å². The molecule has 0 bridgehead atoms. The summed E-state index contributed by atoms with van der Waals surface area (Å²) < 4.78 is 23.4. The van der Waals surface area contributed by atoms with Crippen molar-refractivity contribution in [3.05, 3.63) is 22.2 Å². The lowest BCUT2D eigenvalue weighted by atomic mass is 9.77. The molecule has 0 atom stereocenters. The van der Waals surface area contributed by atoms with E-state index < -0.39 is 18.3 Å². The number of nitro groups is 1. The van der Waals surface area contributed by atoms with E-state index in [2.05, 4.69) is 4.90 Å². The van der Waals surface area contributed by atoms with Gasteiger partial charge in [-0.15, -0.1) is 0 Å². The molecule has 3 aliphatic heterocycles. The average Bonchev–Trinajstić information content (AvgIpc) is 3.18. The van der Waals surface area contributed by atoms with E-state index in [4.69, 9.17) is 18.8 Å². The molecular weight excluding hydrogens is 387 g/mol. The van der Waals surface area contributed by atoms with E-state index in [1.54, 1.807) is 19.2 Å². The Labute approximate surface area is 178 Å².